The van der Waals surface area contributed by atoms with Crippen LogP contribution >= 0.6 is 0 Å². The molecule has 2 saturated carbocycles. The van der Waals surface area contributed by atoms with Crippen molar-refractivity contribution in [3.05, 3.63) is 58.7 Å². The van der Waals surface area contributed by atoms with Gasteiger partial charge in [0.25, 0.3) is 0 Å². The van der Waals surface area contributed by atoms with Crippen LogP contribution in [0.25, 0.3) is 0 Å². The van der Waals surface area contributed by atoms with Gasteiger partial charge in [0.15, 0.2) is 23.1 Å². The summed E-state index contributed by atoms with van der Waals surface area (Å²) < 4.78 is 67.6. The maximum atomic E-state index is 14.9. The summed E-state index contributed by atoms with van der Waals surface area (Å²) in [5.41, 5.74) is 0.380. The Morgan fingerprint density at radius 2 is 1.27 bits per heavy atom. The lowest BCUT2D eigenvalue weighted by Crippen LogP contribution is -2.25. The Bertz CT molecular complexity index is 961. The van der Waals surface area contributed by atoms with Crippen LogP contribution in [0.3, 0.4) is 0 Å². The van der Waals surface area contributed by atoms with E-state index in [1.807, 2.05) is 0 Å². The van der Waals surface area contributed by atoms with Crippen molar-refractivity contribution in [2.45, 2.75) is 70.8 Å². The van der Waals surface area contributed by atoms with Crippen molar-refractivity contribution < 1.29 is 27.0 Å². The van der Waals surface area contributed by atoms with Crippen LogP contribution in [0.1, 0.15) is 75.3 Å². The van der Waals surface area contributed by atoms with Gasteiger partial charge < -0.3 is 9.47 Å². The van der Waals surface area contributed by atoms with E-state index in [9.17, 15) is 17.6 Å². The van der Waals surface area contributed by atoms with Crippen LogP contribution in [-0.2, 0) is 6.61 Å². The summed E-state index contributed by atoms with van der Waals surface area (Å²) in [7, 11) is 1.22. The van der Waals surface area contributed by atoms with Gasteiger partial charge in [0.1, 0.15) is 6.61 Å². The lowest BCUT2D eigenvalue weighted by Gasteiger charge is -2.37. The van der Waals surface area contributed by atoms with Gasteiger partial charge >= 0.3 is 0 Å². The van der Waals surface area contributed by atoms with Crippen LogP contribution in [0.15, 0.2) is 24.3 Å². The first-order valence-corrected chi connectivity index (χ1v) is 12.0. The molecule has 0 unspecified atom stereocenters. The Balaban J connectivity index is 1.38. The molecule has 0 bridgehead atoms. The third-order valence-electron chi connectivity index (χ3n) is 7.75. The number of benzene rings is 2. The van der Waals surface area contributed by atoms with Crippen molar-refractivity contribution in [2.24, 2.45) is 17.8 Å². The molecule has 0 amide bonds. The molecule has 6 heteroatoms. The Morgan fingerprint density at radius 3 is 1.91 bits per heavy atom. The van der Waals surface area contributed by atoms with Gasteiger partial charge in [-0.2, -0.15) is 8.78 Å². The lowest BCUT2D eigenvalue weighted by atomic mass is 9.68. The highest BCUT2D eigenvalue weighted by molar-refractivity contribution is 5.35. The van der Waals surface area contributed by atoms with Gasteiger partial charge in [-0.15, -0.1) is 0 Å². The summed E-state index contributed by atoms with van der Waals surface area (Å²) in [5.74, 6) is -2.55. The summed E-state index contributed by atoms with van der Waals surface area (Å²) in [5, 5.41) is 0. The molecule has 0 heterocycles. The summed E-state index contributed by atoms with van der Waals surface area (Å²) in [4.78, 5) is 0. The quantitative estimate of drug-likeness (QED) is 0.404. The highest BCUT2D eigenvalue weighted by Gasteiger charge is 2.32. The maximum Gasteiger partial charge on any atom is 0.204 e. The molecule has 2 aliphatic carbocycles. The van der Waals surface area contributed by atoms with Crippen LogP contribution in [0.4, 0.5) is 17.6 Å². The molecule has 0 saturated heterocycles. The highest BCUT2D eigenvalue weighted by Crippen LogP contribution is 2.44. The molecule has 4 rings (SSSR count). The molecule has 180 valence electrons. The highest BCUT2D eigenvalue weighted by atomic mass is 19.2. The molecule has 2 nitrogen and oxygen atoms in total. The fourth-order valence-corrected chi connectivity index (χ4v) is 5.63. The van der Waals surface area contributed by atoms with Gasteiger partial charge in [-0.3, -0.25) is 0 Å². The number of rotatable bonds is 6. The van der Waals surface area contributed by atoms with Crippen molar-refractivity contribution in [1.82, 2.24) is 0 Å². The van der Waals surface area contributed by atoms with Crippen LogP contribution in [0.2, 0.25) is 0 Å². The Labute approximate surface area is 193 Å². The first kappa shape index (κ1) is 23.9. The third-order valence-corrected chi connectivity index (χ3v) is 7.75. The molecule has 2 aromatic rings. The van der Waals surface area contributed by atoms with Gasteiger partial charge in [0.05, 0.1) is 7.11 Å². The second-order valence-electron chi connectivity index (χ2n) is 9.76. The first-order valence-electron chi connectivity index (χ1n) is 12.0. The molecule has 0 radical (unpaired) electrons. The average Bonchev–Trinajstić information content (AvgIpc) is 2.83. The van der Waals surface area contributed by atoms with E-state index in [4.69, 9.17) is 9.47 Å². The molecule has 0 spiro atoms. The summed E-state index contributed by atoms with van der Waals surface area (Å²) in [6, 6.07) is 5.53. The van der Waals surface area contributed by atoms with Crippen molar-refractivity contribution in [2.75, 3.05) is 7.11 Å². The predicted molar refractivity (Wildman–Crippen MR) is 119 cm³/mol. The number of halogens is 4. The van der Waals surface area contributed by atoms with Gasteiger partial charge in [-0.1, -0.05) is 31.9 Å². The van der Waals surface area contributed by atoms with Crippen LogP contribution in [0.5, 0.6) is 11.5 Å². The normalized spacial score (nSPS) is 25.6. The average molecular weight is 465 g/mol. The molecular weight excluding hydrogens is 432 g/mol. The SMILES string of the molecule is COc1ccc(OCc2ccc(C3CCC(C4CCC(C)CC4)CC3)c(F)c2F)c(F)c1F. The summed E-state index contributed by atoms with van der Waals surface area (Å²) >= 11 is 0. The number of methoxy groups -OCH3 is 1. The second-order valence-corrected chi connectivity index (χ2v) is 9.76. The van der Waals surface area contributed by atoms with E-state index >= 15 is 0 Å². The molecular formula is C27H32F4O2. The monoisotopic (exact) mass is 464 g/mol. The van der Waals surface area contributed by atoms with Crippen LogP contribution in [-0.4, -0.2) is 7.11 Å². The largest absolute Gasteiger partial charge is 0.494 e. The summed E-state index contributed by atoms with van der Waals surface area (Å²) in [6.45, 7) is 1.92. The first-order chi connectivity index (χ1) is 15.9. The standard InChI is InChI=1S/C27H32F4O2/c1-16-3-5-17(6-4-16)18-7-9-19(10-8-18)21-12-11-20(24(28)25(21)29)15-33-23-14-13-22(32-2)26(30)27(23)31/h11-14,16-19H,3-10,15H2,1-2H3. The summed E-state index contributed by atoms with van der Waals surface area (Å²) in [6.07, 6.45) is 9.09. The smallest absolute Gasteiger partial charge is 0.204 e. The molecule has 2 aliphatic rings. The van der Waals surface area contributed by atoms with Gasteiger partial charge in [0, 0.05) is 5.56 Å². The van der Waals surface area contributed by atoms with Crippen molar-refractivity contribution in [3.8, 4) is 11.5 Å². The number of hydrogen-bond acceptors (Lipinski definition) is 2. The second kappa shape index (κ2) is 10.4. The van der Waals surface area contributed by atoms with Crippen LogP contribution in [0, 0.1) is 41.0 Å². The minimum absolute atomic E-state index is 0.0151. The van der Waals surface area contributed by atoms with Crippen molar-refractivity contribution >= 4 is 0 Å². The van der Waals surface area contributed by atoms with Gasteiger partial charge in [-0.25, -0.2) is 8.78 Å². The zero-order valence-corrected chi connectivity index (χ0v) is 19.3. The Morgan fingerprint density at radius 1 is 0.697 bits per heavy atom. The van der Waals surface area contributed by atoms with E-state index < -0.39 is 29.9 Å². The fraction of sp³-hybridized carbons (Fsp3) is 0.556. The lowest BCUT2D eigenvalue weighted by molar-refractivity contribution is 0.164. The van der Waals surface area contributed by atoms with Gasteiger partial charge in [0.2, 0.25) is 11.6 Å². The van der Waals surface area contributed by atoms with Crippen LogP contribution < -0.4 is 9.47 Å². The third kappa shape index (κ3) is 5.15. The van der Waals surface area contributed by atoms with Crippen molar-refractivity contribution in [1.29, 1.82) is 0 Å². The molecule has 2 aromatic carbocycles. The van der Waals surface area contributed by atoms with E-state index in [1.165, 1.54) is 51.0 Å². The molecule has 0 aliphatic heterocycles. The van der Waals surface area contributed by atoms with E-state index in [0.29, 0.717) is 11.5 Å². The van der Waals surface area contributed by atoms with E-state index in [2.05, 4.69) is 6.92 Å². The number of hydrogen-bond donors (Lipinski definition) is 0. The van der Waals surface area contributed by atoms with Crippen molar-refractivity contribution in [3.63, 3.8) is 0 Å². The van der Waals surface area contributed by atoms with E-state index in [0.717, 1.165) is 37.5 Å². The Hall–Kier alpha value is -2.24. The van der Waals surface area contributed by atoms with Gasteiger partial charge in [-0.05, 0) is 79.9 Å². The predicted octanol–water partition coefficient (Wildman–Crippen LogP) is 7.93. The molecule has 0 atom stereocenters. The maximum absolute atomic E-state index is 14.9. The fourth-order valence-electron chi connectivity index (χ4n) is 5.63. The zero-order valence-electron chi connectivity index (χ0n) is 19.3. The molecule has 0 N–H and O–H groups in total. The van der Waals surface area contributed by atoms with E-state index in [1.54, 1.807) is 6.07 Å². The molecule has 33 heavy (non-hydrogen) atoms. The number of ether oxygens (including phenoxy) is 2. The molecule has 2 fully saturated rings. The Kier molecular flexibility index (Phi) is 7.50. The van der Waals surface area contributed by atoms with E-state index in [-0.39, 0.29) is 23.0 Å². The molecule has 0 aromatic heterocycles. The topological polar surface area (TPSA) is 18.5 Å². The minimum atomic E-state index is -1.23. The minimum Gasteiger partial charge on any atom is -0.494 e. The zero-order chi connectivity index (χ0) is 23.5.